The number of halogens is 3. The van der Waals surface area contributed by atoms with Gasteiger partial charge in [-0.05, 0) is 43.3 Å². The second kappa shape index (κ2) is 9.47. The van der Waals surface area contributed by atoms with Gasteiger partial charge in [0, 0.05) is 17.3 Å². The summed E-state index contributed by atoms with van der Waals surface area (Å²) in [6, 6.07) is 9.26. The normalized spacial score (nSPS) is 10.8. The molecule has 1 amide bonds. The Labute approximate surface area is 181 Å². The molecule has 1 aromatic heterocycles. The van der Waals surface area contributed by atoms with Crippen molar-refractivity contribution in [2.45, 2.75) is 18.6 Å². The number of aromatic nitrogens is 3. The summed E-state index contributed by atoms with van der Waals surface area (Å²) in [5.74, 6) is 0.503. The predicted molar refractivity (Wildman–Crippen MR) is 113 cm³/mol. The molecule has 29 heavy (non-hydrogen) atoms. The third kappa shape index (κ3) is 5.01. The van der Waals surface area contributed by atoms with Gasteiger partial charge in [-0.3, -0.25) is 4.79 Å². The molecule has 0 radical (unpaired) electrons. The van der Waals surface area contributed by atoms with Crippen molar-refractivity contribution in [2.75, 3.05) is 18.2 Å². The molecule has 3 aromatic rings. The number of nitrogens with zero attached hydrogens (tertiary/aromatic N) is 3. The van der Waals surface area contributed by atoms with E-state index in [-0.39, 0.29) is 16.7 Å². The van der Waals surface area contributed by atoms with Crippen molar-refractivity contribution in [1.82, 2.24) is 14.8 Å². The van der Waals surface area contributed by atoms with Crippen molar-refractivity contribution in [1.29, 1.82) is 0 Å². The Bertz CT molecular complexity index is 1050. The van der Waals surface area contributed by atoms with Crippen molar-refractivity contribution < 1.29 is 13.9 Å². The van der Waals surface area contributed by atoms with E-state index in [2.05, 4.69) is 15.5 Å². The molecule has 1 N–H and O–H groups in total. The highest BCUT2D eigenvalue weighted by Gasteiger charge is 2.18. The van der Waals surface area contributed by atoms with E-state index in [0.717, 1.165) is 0 Å². The average Bonchev–Trinajstić information content (AvgIpc) is 3.12. The van der Waals surface area contributed by atoms with Crippen LogP contribution < -0.4 is 10.1 Å². The Morgan fingerprint density at radius 3 is 2.72 bits per heavy atom. The van der Waals surface area contributed by atoms with E-state index in [9.17, 15) is 9.18 Å². The van der Waals surface area contributed by atoms with Crippen molar-refractivity contribution >= 4 is 46.6 Å². The first-order chi connectivity index (χ1) is 13.9. The van der Waals surface area contributed by atoms with Gasteiger partial charge in [0.2, 0.25) is 5.91 Å². The molecule has 2 aromatic carbocycles. The summed E-state index contributed by atoms with van der Waals surface area (Å²) in [6.07, 6.45) is 0. The number of hydrogen-bond donors (Lipinski definition) is 1. The molecule has 6 nitrogen and oxygen atoms in total. The molecule has 1 heterocycles. The summed E-state index contributed by atoms with van der Waals surface area (Å²) in [4.78, 5) is 12.2. The van der Waals surface area contributed by atoms with E-state index in [0.29, 0.717) is 39.5 Å². The number of hydrogen-bond acceptors (Lipinski definition) is 5. The van der Waals surface area contributed by atoms with Gasteiger partial charge in [0.15, 0.2) is 11.0 Å². The minimum absolute atomic E-state index is 0.0544. The average molecular weight is 455 g/mol. The molecule has 0 aliphatic heterocycles. The van der Waals surface area contributed by atoms with E-state index < -0.39 is 5.82 Å². The van der Waals surface area contributed by atoms with E-state index >= 15 is 0 Å². The van der Waals surface area contributed by atoms with Gasteiger partial charge < -0.3 is 14.6 Å². The van der Waals surface area contributed by atoms with Crippen LogP contribution in [0.5, 0.6) is 5.75 Å². The van der Waals surface area contributed by atoms with E-state index in [4.69, 9.17) is 27.9 Å². The summed E-state index contributed by atoms with van der Waals surface area (Å²) in [5.41, 5.74) is 1.13. The van der Waals surface area contributed by atoms with Crippen LogP contribution in [0.15, 0.2) is 41.6 Å². The second-order valence-electron chi connectivity index (χ2n) is 5.86. The van der Waals surface area contributed by atoms with Crippen molar-refractivity contribution in [3.05, 3.63) is 52.3 Å². The zero-order valence-electron chi connectivity index (χ0n) is 15.6. The number of nitrogens with one attached hydrogen (secondary N) is 1. The molecule has 152 valence electrons. The number of carbonyl (C=O) groups is 1. The maximum atomic E-state index is 13.2. The van der Waals surface area contributed by atoms with Crippen LogP contribution in [0.3, 0.4) is 0 Å². The van der Waals surface area contributed by atoms with Gasteiger partial charge in [-0.25, -0.2) is 4.39 Å². The molecule has 0 fully saturated rings. The highest BCUT2D eigenvalue weighted by Crippen LogP contribution is 2.33. The zero-order chi connectivity index (χ0) is 21.0. The zero-order valence-corrected chi connectivity index (χ0v) is 17.9. The fourth-order valence-electron chi connectivity index (χ4n) is 2.64. The number of ether oxygens (including phenoxy) is 1. The quantitative estimate of drug-likeness (QED) is 0.499. The molecule has 0 atom stereocenters. The second-order valence-corrected chi connectivity index (χ2v) is 7.65. The number of thioether (sulfide) groups is 1. The van der Waals surface area contributed by atoms with Gasteiger partial charge in [-0.2, -0.15) is 0 Å². The van der Waals surface area contributed by atoms with E-state index in [1.807, 2.05) is 11.5 Å². The first-order valence-electron chi connectivity index (χ1n) is 8.57. The Morgan fingerprint density at radius 1 is 1.24 bits per heavy atom. The van der Waals surface area contributed by atoms with Gasteiger partial charge in [-0.1, -0.05) is 35.0 Å². The predicted octanol–water partition coefficient (Wildman–Crippen LogP) is 5.15. The van der Waals surface area contributed by atoms with Crippen LogP contribution in [0.1, 0.15) is 6.92 Å². The Morgan fingerprint density at radius 2 is 2.03 bits per heavy atom. The van der Waals surface area contributed by atoms with Crippen LogP contribution in [0, 0.1) is 5.82 Å². The van der Waals surface area contributed by atoms with Crippen LogP contribution in [-0.4, -0.2) is 33.5 Å². The minimum Gasteiger partial charge on any atom is -0.496 e. The van der Waals surface area contributed by atoms with Crippen LogP contribution >= 0.6 is 35.0 Å². The first kappa shape index (κ1) is 21.4. The van der Waals surface area contributed by atoms with Gasteiger partial charge in [0.05, 0.1) is 23.4 Å². The third-order valence-electron chi connectivity index (χ3n) is 3.97. The molecule has 0 unspecified atom stereocenters. The molecule has 0 saturated heterocycles. The lowest BCUT2D eigenvalue weighted by molar-refractivity contribution is -0.113. The van der Waals surface area contributed by atoms with Gasteiger partial charge in [-0.15, -0.1) is 10.2 Å². The summed E-state index contributed by atoms with van der Waals surface area (Å²) in [6.45, 7) is 2.55. The number of amides is 1. The maximum absolute atomic E-state index is 13.2. The lowest BCUT2D eigenvalue weighted by Crippen LogP contribution is -2.14. The number of carbonyl (C=O) groups excluding carboxylic acids is 1. The van der Waals surface area contributed by atoms with E-state index in [1.165, 1.54) is 30.0 Å². The van der Waals surface area contributed by atoms with Crippen molar-refractivity contribution in [3.63, 3.8) is 0 Å². The smallest absolute Gasteiger partial charge is 0.234 e. The fraction of sp³-hybridized carbons (Fsp3) is 0.211. The van der Waals surface area contributed by atoms with Crippen LogP contribution in [0.2, 0.25) is 10.0 Å². The molecule has 0 aliphatic carbocycles. The molecule has 0 saturated carbocycles. The van der Waals surface area contributed by atoms with Crippen molar-refractivity contribution in [3.8, 4) is 17.1 Å². The molecule has 3 rings (SSSR count). The molecule has 10 heteroatoms. The third-order valence-corrected chi connectivity index (χ3v) is 5.46. The number of anilines is 1. The first-order valence-corrected chi connectivity index (χ1v) is 10.3. The van der Waals surface area contributed by atoms with Crippen LogP contribution in [0.4, 0.5) is 10.1 Å². The molecular formula is C19H17Cl2FN4O2S. The fourth-order valence-corrected chi connectivity index (χ4v) is 3.79. The molecule has 0 spiro atoms. The van der Waals surface area contributed by atoms with Gasteiger partial charge in [0.1, 0.15) is 11.6 Å². The topological polar surface area (TPSA) is 69.0 Å². The SMILES string of the molecule is CCn1c(SCC(=O)Nc2ccc(F)c(Cl)c2)nnc1-c1cc(Cl)ccc1OC. The monoisotopic (exact) mass is 454 g/mol. The number of rotatable bonds is 7. The number of methoxy groups -OCH3 is 1. The lowest BCUT2D eigenvalue weighted by Gasteiger charge is -2.11. The van der Waals surface area contributed by atoms with Gasteiger partial charge in [0.25, 0.3) is 0 Å². The summed E-state index contributed by atoms with van der Waals surface area (Å²) < 4.78 is 20.5. The van der Waals surface area contributed by atoms with Crippen LogP contribution in [0.25, 0.3) is 11.4 Å². The Hall–Kier alpha value is -2.29. The van der Waals surface area contributed by atoms with Crippen LogP contribution in [-0.2, 0) is 11.3 Å². The lowest BCUT2D eigenvalue weighted by atomic mass is 10.2. The number of benzene rings is 2. The standard InChI is InChI=1S/C19H17Cl2FN4O2S/c1-3-26-18(13-8-11(20)4-7-16(13)28-2)24-25-19(26)29-10-17(27)23-12-5-6-15(22)14(21)9-12/h4-9H,3,10H2,1-2H3,(H,23,27). The van der Waals surface area contributed by atoms with Gasteiger partial charge >= 0.3 is 0 Å². The molecular weight excluding hydrogens is 438 g/mol. The van der Waals surface area contributed by atoms with E-state index in [1.54, 1.807) is 25.3 Å². The molecule has 0 bridgehead atoms. The Balaban J connectivity index is 1.75. The summed E-state index contributed by atoms with van der Waals surface area (Å²) in [5, 5.41) is 12.2. The maximum Gasteiger partial charge on any atom is 0.234 e. The summed E-state index contributed by atoms with van der Waals surface area (Å²) in [7, 11) is 1.57. The molecule has 0 aliphatic rings. The highest BCUT2D eigenvalue weighted by molar-refractivity contribution is 7.99. The summed E-state index contributed by atoms with van der Waals surface area (Å²) >= 11 is 13.1. The Kier molecular flexibility index (Phi) is 7.00. The van der Waals surface area contributed by atoms with Crippen molar-refractivity contribution in [2.24, 2.45) is 0 Å². The highest BCUT2D eigenvalue weighted by atomic mass is 35.5. The minimum atomic E-state index is -0.543. The largest absolute Gasteiger partial charge is 0.496 e.